The van der Waals surface area contributed by atoms with Crippen molar-refractivity contribution in [3.8, 4) is 0 Å². The molecule has 0 aromatic heterocycles. The molecule has 20 heavy (non-hydrogen) atoms. The van der Waals surface area contributed by atoms with E-state index < -0.39 is 0 Å². The zero-order valence-corrected chi connectivity index (χ0v) is 14.5. The van der Waals surface area contributed by atoms with Gasteiger partial charge in [-0.1, -0.05) is 41.0 Å². The normalized spacial score (nSPS) is 21.3. The molecule has 0 radical (unpaired) electrons. The van der Waals surface area contributed by atoms with Crippen molar-refractivity contribution in [1.82, 2.24) is 15.1 Å². The highest BCUT2D eigenvalue weighted by Gasteiger charge is 2.28. The van der Waals surface area contributed by atoms with Crippen LogP contribution >= 0.6 is 0 Å². The molecule has 1 rings (SSSR count). The summed E-state index contributed by atoms with van der Waals surface area (Å²) in [6.45, 7) is 20.2. The molecule has 1 fully saturated rings. The summed E-state index contributed by atoms with van der Waals surface area (Å²) in [4.78, 5) is 5.30. The van der Waals surface area contributed by atoms with E-state index in [9.17, 15) is 0 Å². The molecule has 1 aliphatic rings. The predicted octanol–water partition coefficient (Wildman–Crippen LogP) is 2.82. The van der Waals surface area contributed by atoms with Crippen LogP contribution in [0.15, 0.2) is 0 Å². The molecule has 0 spiro atoms. The molecule has 0 saturated carbocycles. The van der Waals surface area contributed by atoms with Crippen LogP contribution in [-0.4, -0.2) is 61.7 Å². The van der Waals surface area contributed by atoms with Gasteiger partial charge in [-0.25, -0.2) is 0 Å². The first-order chi connectivity index (χ1) is 9.49. The molecule has 120 valence electrons. The zero-order valence-electron chi connectivity index (χ0n) is 14.5. The van der Waals surface area contributed by atoms with Crippen LogP contribution in [0.25, 0.3) is 0 Å². The van der Waals surface area contributed by atoms with E-state index >= 15 is 0 Å². The van der Waals surface area contributed by atoms with Crippen LogP contribution in [0.3, 0.4) is 0 Å². The van der Waals surface area contributed by atoms with Gasteiger partial charge in [0.2, 0.25) is 0 Å². The third-order valence-electron chi connectivity index (χ3n) is 4.40. The first-order valence-corrected chi connectivity index (χ1v) is 8.67. The third-order valence-corrected chi connectivity index (χ3v) is 4.40. The number of rotatable bonds is 9. The third kappa shape index (κ3) is 6.55. The van der Waals surface area contributed by atoms with Crippen molar-refractivity contribution < 1.29 is 0 Å². The van der Waals surface area contributed by atoms with Gasteiger partial charge in [-0.3, -0.25) is 0 Å². The van der Waals surface area contributed by atoms with Crippen molar-refractivity contribution in [2.75, 3.05) is 45.8 Å². The lowest BCUT2D eigenvalue weighted by molar-refractivity contribution is 0.0849. The molecule has 0 aromatic rings. The summed E-state index contributed by atoms with van der Waals surface area (Å²) >= 11 is 0. The van der Waals surface area contributed by atoms with Crippen molar-refractivity contribution >= 4 is 0 Å². The van der Waals surface area contributed by atoms with Crippen molar-refractivity contribution in [1.29, 1.82) is 0 Å². The summed E-state index contributed by atoms with van der Waals surface area (Å²) < 4.78 is 0. The highest BCUT2D eigenvalue weighted by Crippen LogP contribution is 2.24. The molecular formula is C17H37N3. The maximum Gasteiger partial charge on any atom is 0.0110 e. The topological polar surface area (TPSA) is 18.5 Å². The molecule has 3 nitrogen and oxygen atoms in total. The summed E-state index contributed by atoms with van der Waals surface area (Å²) in [5.41, 5.74) is 0.423. The van der Waals surface area contributed by atoms with Crippen LogP contribution in [0.2, 0.25) is 0 Å². The highest BCUT2D eigenvalue weighted by atomic mass is 15.3. The smallest absolute Gasteiger partial charge is 0.0110 e. The van der Waals surface area contributed by atoms with E-state index in [-0.39, 0.29) is 0 Å². The first kappa shape index (κ1) is 17.9. The van der Waals surface area contributed by atoms with E-state index in [0.29, 0.717) is 11.5 Å². The number of piperazine rings is 1. The van der Waals surface area contributed by atoms with Gasteiger partial charge in [0.15, 0.2) is 0 Å². The number of hydrogen-bond acceptors (Lipinski definition) is 3. The summed E-state index contributed by atoms with van der Waals surface area (Å²) in [7, 11) is 0. The van der Waals surface area contributed by atoms with Gasteiger partial charge in [0.1, 0.15) is 0 Å². The van der Waals surface area contributed by atoms with Crippen LogP contribution in [0.1, 0.15) is 53.9 Å². The molecule has 1 N–H and O–H groups in total. The van der Waals surface area contributed by atoms with E-state index in [1.54, 1.807) is 0 Å². The second-order valence-electron chi connectivity index (χ2n) is 7.21. The molecule has 3 heteroatoms. The molecule has 0 bridgehead atoms. The Morgan fingerprint density at radius 2 is 1.60 bits per heavy atom. The van der Waals surface area contributed by atoms with Crippen molar-refractivity contribution in [3.05, 3.63) is 0 Å². The van der Waals surface area contributed by atoms with Gasteiger partial charge in [0.25, 0.3) is 0 Å². The van der Waals surface area contributed by atoms with Crippen LogP contribution in [0.5, 0.6) is 0 Å². The van der Waals surface area contributed by atoms with Crippen LogP contribution in [0.4, 0.5) is 0 Å². The van der Waals surface area contributed by atoms with E-state index in [4.69, 9.17) is 0 Å². The molecule has 1 unspecified atom stereocenters. The minimum absolute atomic E-state index is 0.423. The SMILES string of the molecule is CCCN1CCN(CC(C)(CCC)CNC(C)C)CC1. The molecule has 0 aromatic carbocycles. The second kappa shape index (κ2) is 9.01. The van der Waals surface area contributed by atoms with E-state index in [1.165, 1.54) is 58.5 Å². The van der Waals surface area contributed by atoms with Gasteiger partial charge in [0, 0.05) is 45.3 Å². The Kier molecular flexibility index (Phi) is 8.08. The Bertz CT molecular complexity index is 247. The Morgan fingerprint density at radius 1 is 1.00 bits per heavy atom. The van der Waals surface area contributed by atoms with Gasteiger partial charge in [-0.2, -0.15) is 0 Å². The Balaban J connectivity index is 2.41. The minimum atomic E-state index is 0.423. The van der Waals surface area contributed by atoms with Crippen molar-refractivity contribution in [2.45, 2.75) is 59.9 Å². The summed E-state index contributed by atoms with van der Waals surface area (Å²) in [6, 6.07) is 0.590. The fraction of sp³-hybridized carbons (Fsp3) is 1.00. The quantitative estimate of drug-likeness (QED) is 0.702. The van der Waals surface area contributed by atoms with Crippen LogP contribution in [-0.2, 0) is 0 Å². The molecule has 1 atom stereocenters. The van der Waals surface area contributed by atoms with Gasteiger partial charge < -0.3 is 15.1 Å². The van der Waals surface area contributed by atoms with Crippen molar-refractivity contribution in [3.63, 3.8) is 0 Å². The maximum atomic E-state index is 3.65. The summed E-state index contributed by atoms with van der Waals surface area (Å²) in [5.74, 6) is 0. The standard InChI is InChI=1S/C17H37N3/c1-6-8-17(5,14-18-16(3)4)15-20-12-10-19(9-7-2)11-13-20/h16,18H,6-15H2,1-5H3. The summed E-state index contributed by atoms with van der Waals surface area (Å²) in [6.07, 6.45) is 3.89. The Hall–Kier alpha value is -0.120. The maximum absolute atomic E-state index is 3.65. The number of hydrogen-bond donors (Lipinski definition) is 1. The molecule has 0 aliphatic carbocycles. The van der Waals surface area contributed by atoms with E-state index in [1.807, 2.05) is 0 Å². The van der Waals surface area contributed by atoms with Crippen LogP contribution in [0, 0.1) is 5.41 Å². The zero-order chi connectivity index (χ0) is 15.0. The first-order valence-electron chi connectivity index (χ1n) is 8.67. The van der Waals surface area contributed by atoms with Crippen LogP contribution < -0.4 is 5.32 Å². The largest absolute Gasteiger partial charge is 0.314 e. The molecular weight excluding hydrogens is 246 g/mol. The second-order valence-corrected chi connectivity index (χ2v) is 7.21. The molecule has 1 saturated heterocycles. The van der Waals surface area contributed by atoms with Gasteiger partial charge in [-0.05, 0) is 24.8 Å². The molecule has 1 aliphatic heterocycles. The van der Waals surface area contributed by atoms with Gasteiger partial charge >= 0.3 is 0 Å². The Morgan fingerprint density at radius 3 is 2.10 bits per heavy atom. The highest BCUT2D eigenvalue weighted by molar-refractivity contribution is 4.83. The van der Waals surface area contributed by atoms with Gasteiger partial charge in [-0.15, -0.1) is 0 Å². The fourth-order valence-electron chi connectivity index (χ4n) is 3.30. The molecule has 1 heterocycles. The number of nitrogens with zero attached hydrogens (tertiary/aromatic N) is 2. The minimum Gasteiger partial charge on any atom is -0.314 e. The lowest BCUT2D eigenvalue weighted by Crippen LogP contribution is -2.51. The van der Waals surface area contributed by atoms with E-state index in [0.717, 1.165) is 6.54 Å². The predicted molar refractivity (Wildman–Crippen MR) is 89.3 cm³/mol. The lowest BCUT2D eigenvalue weighted by Gasteiger charge is -2.40. The molecule has 0 amide bonds. The van der Waals surface area contributed by atoms with Gasteiger partial charge in [0.05, 0.1) is 0 Å². The summed E-state index contributed by atoms with van der Waals surface area (Å²) in [5, 5.41) is 3.65. The van der Waals surface area contributed by atoms with Crippen molar-refractivity contribution in [2.24, 2.45) is 5.41 Å². The average molecular weight is 284 g/mol. The Labute approximate surface area is 127 Å². The lowest BCUT2D eigenvalue weighted by atomic mass is 9.84. The fourth-order valence-corrected chi connectivity index (χ4v) is 3.30. The average Bonchev–Trinajstić information content (AvgIpc) is 2.40. The monoisotopic (exact) mass is 283 g/mol. The number of nitrogens with one attached hydrogen (secondary N) is 1. The van der Waals surface area contributed by atoms with E-state index in [2.05, 4.69) is 49.7 Å².